The average molecular weight is 279 g/mol. The summed E-state index contributed by atoms with van der Waals surface area (Å²) in [7, 11) is 0. The van der Waals surface area contributed by atoms with Gasteiger partial charge in [0.1, 0.15) is 5.69 Å². The number of carboxylic acid groups (broad SMARTS) is 1. The first-order valence-corrected chi connectivity index (χ1v) is 6.88. The number of hydrogen-bond acceptors (Lipinski definition) is 5. The largest absolute Gasteiger partial charge is 0.477 e. The van der Waals surface area contributed by atoms with E-state index in [2.05, 4.69) is 22.1 Å². The van der Waals surface area contributed by atoms with Crippen molar-refractivity contribution >= 4 is 5.97 Å². The topological polar surface area (TPSA) is 74.7 Å². The number of nitrogens with zero attached hydrogens (tertiary/aromatic N) is 2. The van der Waals surface area contributed by atoms with Crippen LogP contribution in [0.15, 0.2) is 18.2 Å². The van der Waals surface area contributed by atoms with Crippen LogP contribution < -0.4 is 5.32 Å². The highest BCUT2D eigenvalue weighted by atomic mass is 16.5. The number of aromatic nitrogens is 1. The minimum atomic E-state index is -0.992. The van der Waals surface area contributed by atoms with E-state index in [4.69, 9.17) is 9.84 Å². The predicted octanol–water partition coefficient (Wildman–Crippen LogP) is 0.590. The second-order valence-corrected chi connectivity index (χ2v) is 5.01. The molecule has 1 aromatic heterocycles. The van der Waals surface area contributed by atoms with Gasteiger partial charge >= 0.3 is 5.97 Å². The van der Waals surface area contributed by atoms with Gasteiger partial charge in [0.2, 0.25) is 0 Å². The van der Waals surface area contributed by atoms with Gasteiger partial charge in [-0.25, -0.2) is 9.78 Å². The zero-order valence-corrected chi connectivity index (χ0v) is 11.7. The third kappa shape index (κ3) is 4.56. The number of aromatic carboxylic acids is 1. The third-order valence-electron chi connectivity index (χ3n) is 3.29. The molecule has 1 aromatic rings. The molecule has 2 rings (SSSR count). The van der Waals surface area contributed by atoms with Crippen LogP contribution in [0.25, 0.3) is 0 Å². The first kappa shape index (κ1) is 14.9. The molecule has 110 valence electrons. The van der Waals surface area contributed by atoms with E-state index in [0.29, 0.717) is 12.6 Å². The SMILES string of the molecule is CC(CN1CCOCC1)NCc1cccc(C(=O)O)n1. The van der Waals surface area contributed by atoms with Gasteiger partial charge in [-0.15, -0.1) is 0 Å². The number of pyridine rings is 1. The van der Waals surface area contributed by atoms with Gasteiger partial charge in [0.25, 0.3) is 0 Å². The Balaban J connectivity index is 1.78. The van der Waals surface area contributed by atoms with Crippen LogP contribution in [0.2, 0.25) is 0 Å². The molecule has 0 spiro atoms. The number of rotatable bonds is 6. The molecule has 0 aliphatic carbocycles. The van der Waals surface area contributed by atoms with E-state index in [1.165, 1.54) is 6.07 Å². The zero-order chi connectivity index (χ0) is 14.4. The number of ether oxygens (including phenoxy) is 1. The molecule has 1 atom stereocenters. The van der Waals surface area contributed by atoms with E-state index in [1.54, 1.807) is 6.07 Å². The summed E-state index contributed by atoms with van der Waals surface area (Å²) in [6, 6.07) is 5.38. The maximum atomic E-state index is 10.9. The summed E-state index contributed by atoms with van der Waals surface area (Å²) in [5, 5.41) is 12.3. The Morgan fingerprint density at radius 3 is 2.95 bits per heavy atom. The molecule has 0 radical (unpaired) electrons. The van der Waals surface area contributed by atoms with Crippen molar-refractivity contribution in [2.45, 2.75) is 19.5 Å². The van der Waals surface area contributed by atoms with Crippen molar-refractivity contribution in [1.29, 1.82) is 0 Å². The van der Waals surface area contributed by atoms with Crippen LogP contribution in [0, 0.1) is 0 Å². The smallest absolute Gasteiger partial charge is 0.354 e. The van der Waals surface area contributed by atoms with Crippen molar-refractivity contribution in [2.24, 2.45) is 0 Å². The van der Waals surface area contributed by atoms with Crippen LogP contribution in [-0.4, -0.2) is 59.8 Å². The Kier molecular flexibility index (Phi) is 5.46. The van der Waals surface area contributed by atoms with Crippen molar-refractivity contribution in [3.63, 3.8) is 0 Å². The van der Waals surface area contributed by atoms with Crippen LogP contribution in [0.3, 0.4) is 0 Å². The minimum Gasteiger partial charge on any atom is -0.477 e. The number of nitrogens with one attached hydrogen (secondary N) is 1. The third-order valence-corrected chi connectivity index (χ3v) is 3.29. The molecular weight excluding hydrogens is 258 g/mol. The molecule has 1 aliphatic heterocycles. The summed E-state index contributed by atoms with van der Waals surface area (Å²) >= 11 is 0. The quantitative estimate of drug-likeness (QED) is 0.794. The summed E-state index contributed by atoms with van der Waals surface area (Å²) in [4.78, 5) is 17.3. The maximum Gasteiger partial charge on any atom is 0.354 e. The number of morpholine rings is 1. The van der Waals surface area contributed by atoms with Gasteiger partial charge in [-0.1, -0.05) is 6.07 Å². The molecule has 1 saturated heterocycles. The first-order valence-electron chi connectivity index (χ1n) is 6.88. The van der Waals surface area contributed by atoms with Gasteiger partial charge in [0.15, 0.2) is 0 Å². The van der Waals surface area contributed by atoms with E-state index in [-0.39, 0.29) is 5.69 Å². The molecule has 2 heterocycles. The summed E-state index contributed by atoms with van der Waals surface area (Å²) < 4.78 is 5.32. The van der Waals surface area contributed by atoms with Gasteiger partial charge in [0, 0.05) is 32.2 Å². The Hall–Kier alpha value is -1.50. The highest BCUT2D eigenvalue weighted by Gasteiger charge is 2.13. The number of carboxylic acids is 1. The van der Waals surface area contributed by atoms with E-state index < -0.39 is 5.97 Å². The Morgan fingerprint density at radius 2 is 2.25 bits per heavy atom. The first-order chi connectivity index (χ1) is 9.65. The molecule has 6 heteroatoms. The maximum absolute atomic E-state index is 10.9. The molecule has 1 unspecified atom stereocenters. The highest BCUT2D eigenvalue weighted by molar-refractivity contribution is 5.85. The lowest BCUT2D eigenvalue weighted by molar-refractivity contribution is 0.0343. The highest BCUT2D eigenvalue weighted by Crippen LogP contribution is 2.02. The Labute approximate surface area is 118 Å². The molecule has 0 bridgehead atoms. The zero-order valence-electron chi connectivity index (χ0n) is 11.7. The molecule has 0 aromatic carbocycles. The van der Waals surface area contributed by atoms with Crippen LogP contribution in [-0.2, 0) is 11.3 Å². The predicted molar refractivity (Wildman–Crippen MR) is 74.8 cm³/mol. The number of hydrogen-bond donors (Lipinski definition) is 2. The average Bonchev–Trinajstić information content (AvgIpc) is 2.46. The molecule has 6 nitrogen and oxygen atoms in total. The normalized spacial score (nSPS) is 17.9. The fourth-order valence-corrected chi connectivity index (χ4v) is 2.21. The molecule has 0 saturated carbocycles. The van der Waals surface area contributed by atoms with Crippen molar-refractivity contribution < 1.29 is 14.6 Å². The Bertz CT molecular complexity index is 447. The minimum absolute atomic E-state index is 0.0881. The summed E-state index contributed by atoms with van der Waals surface area (Å²) in [6.07, 6.45) is 0. The van der Waals surface area contributed by atoms with Crippen LogP contribution in [0.5, 0.6) is 0 Å². The summed E-state index contributed by atoms with van der Waals surface area (Å²) in [5.74, 6) is -0.992. The fraction of sp³-hybridized carbons (Fsp3) is 0.571. The van der Waals surface area contributed by atoms with Gasteiger partial charge in [0.05, 0.1) is 18.9 Å². The van der Waals surface area contributed by atoms with E-state index in [1.807, 2.05) is 6.07 Å². The lowest BCUT2D eigenvalue weighted by Crippen LogP contribution is -2.44. The summed E-state index contributed by atoms with van der Waals surface area (Å²) in [5.41, 5.74) is 0.837. The molecule has 1 fully saturated rings. The molecule has 2 N–H and O–H groups in total. The molecular formula is C14H21N3O3. The lowest BCUT2D eigenvalue weighted by Gasteiger charge is -2.29. The standard InChI is InChI=1S/C14H21N3O3/c1-11(10-17-5-7-20-8-6-17)15-9-12-3-2-4-13(16-12)14(18)19/h2-4,11,15H,5-10H2,1H3,(H,18,19). The van der Waals surface area contributed by atoms with E-state index >= 15 is 0 Å². The van der Waals surface area contributed by atoms with Crippen LogP contribution in [0.1, 0.15) is 23.1 Å². The van der Waals surface area contributed by atoms with Crippen molar-refractivity contribution in [3.05, 3.63) is 29.6 Å². The monoisotopic (exact) mass is 279 g/mol. The summed E-state index contributed by atoms with van der Waals surface area (Å²) in [6.45, 7) is 7.20. The fourth-order valence-electron chi connectivity index (χ4n) is 2.21. The van der Waals surface area contributed by atoms with Crippen molar-refractivity contribution in [3.8, 4) is 0 Å². The van der Waals surface area contributed by atoms with Gasteiger partial charge in [-0.3, -0.25) is 4.90 Å². The molecule has 20 heavy (non-hydrogen) atoms. The second kappa shape index (κ2) is 7.33. The van der Waals surface area contributed by atoms with Crippen LogP contribution >= 0.6 is 0 Å². The lowest BCUT2D eigenvalue weighted by atomic mass is 10.2. The van der Waals surface area contributed by atoms with Gasteiger partial charge in [-0.2, -0.15) is 0 Å². The number of carbonyl (C=O) groups is 1. The van der Waals surface area contributed by atoms with Crippen molar-refractivity contribution in [1.82, 2.24) is 15.2 Å². The van der Waals surface area contributed by atoms with E-state index in [9.17, 15) is 4.79 Å². The van der Waals surface area contributed by atoms with Gasteiger partial charge in [-0.05, 0) is 19.1 Å². The Morgan fingerprint density at radius 1 is 1.50 bits per heavy atom. The molecule has 0 amide bonds. The second-order valence-electron chi connectivity index (χ2n) is 5.01. The van der Waals surface area contributed by atoms with Crippen LogP contribution in [0.4, 0.5) is 0 Å². The van der Waals surface area contributed by atoms with Gasteiger partial charge < -0.3 is 15.2 Å². The van der Waals surface area contributed by atoms with E-state index in [0.717, 1.165) is 38.5 Å². The molecule has 1 aliphatic rings. The van der Waals surface area contributed by atoms with Crippen molar-refractivity contribution in [2.75, 3.05) is 32.8 Å².